The standard InChI is InChI=1S/C16H15ClN2O3/c1-21-16(20)19-18-10-12-4-8-15(9-5-12)22-11-13-2-6-14(17)7-3-13/h2-10H,11H2,1H3,(H,19,20)/b18-10-. The van der Waals surface area contributed by atoms with Crippen molar-refractivity contribution in [3.63, 3.8) is 0 Å². The van der Waals surface area contributed by atoms with Crippen LogP contribution in [0.15, 0.2) is 53.6 Å². The number of amides is 1. The van der Waals surface area contributed by atoms with Crippen molar-refractivity contribution in [1.29, 1.82) is 0 Å². The Kier molecular flexibility index (Phi) is 5.80. The van der Waals surface area contributed by atoms with E-state index < -0.39 is 6.09 Å². The van der Waals surface area contributed by atoms with E-state index in [4.69, 9.17) is 16.3 Å². The average Bonchev–Trinajstić information content (AvgIpc) is 2.55. The van der Waals surface area contributed by atoms with E-state index in [1.165, 1.54) is 13.3 Å². The number of nitrogens with one attached hydrogen (secondary N) is 1. The first kappa shape index (κ1) is 15.9. The van der Waals surface area contributed by atoms with Crippen LogP contribution in [0.5, 0.6) is 5.75 Å². The van der Waals surface area contributed by atoms with E-state index in [2.05, 4.69) is 15.3 Å². The number of hydrogen-bond acceptors (Lipinski definition) is 4. The predicted octanol–water partition coefficient (Wildman–Crippen LogP) is 3.61. The number of ether oxygens (including phenoxy) is 2. The van der Waals surface area contributed by atoms with Gasteiger partial charge < -0.3 is 9.47 Å². The number of carbonyl (C=O) groups excluding carboxylic acids is 1. The van der Waals surface area contributed by atoms with Gasteiger partial charge in [0, 0.05) is 5.02 Å². The summed E-state index contributed by atoms with van der Waals surface area (Å²) in [4.78, 5) is 10.8. The van der Waals surface area contributed by atoms with Crippen LogP contribution in [-0.2, 0) is 11.3 Å². The number of hydrazone groups is 1. The van der Waals surface area contributed by atoms with Gasteiger partial charge in [0.2, 0.25) is 0 Å². The molecule has 6 heteroatoms. The predicted molar refractivity (Wildman–Crippen MR) is 85.4 cm³/mol. The van der Waals surface area contributed by atoms with Crippen LogP contribution in [-0.4, -0.2) is 19.4 Å². The van der Waals surface area contributed by atoms with Crippen molar-refractivity contribution in [2.24, 2.45) is 5.10 Å². The van der Waals surface area contributed by atoms with Gasteiger partial charge in [-0.1, -0.05) is 23.7 Å². The third-order valence-electron chi connectivity index (χ3n) is 2.75. The van der Waals surface area contributed by atoms with Gasteiger partial charge in [-0.25, -0.2) is 10.2 Å². The first-order chi connectivity index (χ1) is 10.7. The van der Waals surface area contributed by atoms with E-state index in [1.807, 2.05) is 48.5 Å². The summed E-state index contributed by atoms with van der Waals surface area (Å²) in [6.07, 6.45) is 0.902. The maximum absolute atomic E-state index is 10.8. The van der Waals surface area contributed by atoms with E-state index in [1.54, 1.807) is 0 Å². The Hall–Kier alpha value is -2.53. The highest BCUT2D eigenvalue weighted by Gasteiger charge is 1.97. The molecule has 0 saturated heterocycles. The highest BCUT2D eigenvalue weighted by molar-refractivity contribution is 6.30. The molecule has 0 bridgehead atoms. The number of methoxy groups -OCH3 is 1. The van der Waals surface area contributed by atoms with Crippen LogP contribution >= 0.6 is 11.6 Å². The van der Waals surface area contributed by atoms with Crippen LogP contribution in [0.4, 0.5) is 4.79 Å². The third kappa shape index (κ3) is 5.10. The Morgan fingerprint density at radius 2 is 1.86 bits per heavy atom. The molecule has 0 radical (unpaired) electrons. The minimum atomic E-state index is -0.612. The Morgan fingerprint density at radius 1 is 1.18 bits per heavy atom. The zero-order valence-corrected chi connectivity index (χ0v) is 12.7. The molecular formula is C16H15ClN2O3. The zero-order chi connectivity index (χ0) is 15.8. The van der Waals surface area contributed by atoms with Gasteiger partial charge in [-0.3, -0.25) is 0 Å². The number of carbonyl (C=O) groups is 1. The minimum absolute atomic E-state index is 0.467. The lowest BCUT2D eigenvalue weighted by atomic mass is 10.2. The lowest BCUT2D eigenvalue weighted by Gasteiger charge is -2.06. The molecule has 0 unspecified atom stereocenters. The van der Waals surface area contributed by atoms with Gasteiger partial charge in [0.15, 0.2) is 0 Å². The molecule has 0 aliphatic heterocycles. The smallest absolute Gasteiger partial charge is 0.427 e. The second-order valence-corrected chi connectivity index (χ2v) is 4.78. The fourth-order valence-electron chi connectivity index (χ4n) is 1.60. The highest BCUT2D eigenvalue weighted by Crippen LogP contribution is 2.15. The summed E-state index contributed by atoms with van der Waals surface area (Å²) >= 11 is 5.83. The van der Waals surface area contributed by atoms with Crippen LogP contribution in [0.25, 0.3) is 0 Å². The molecule has 2 aromatic carbocycles. The summed E-state index contributed by atoms with van der Waals surface area (Å²) in [5.41, 5.74) is 4.08. The van der Waals surface area contributed by atoms with Crippen LogP contribution < -0.4 is 10.2 Å². The third-order valence-corrected chi connectivity index (χ3v) is 3.01. The Morgan fingerprint density at radius 3 is 2.50 bits per heavy atom. The van der Waals surface area contributed by atoms with Gasteiger partial charge in [0.1, 0.15) is 12.4 Å². The molecule has 0 heterocycles. The van der Waals surface area contributed by atoms with Crippen molar-refractivity contribution >= 4 is 23.9 Å². The average molecular weight is 319 g/mol. The Labute approximate surface area is 133 Å². The molecular weight excluding hydrogens is 304 g/mol. The van der Waals surface area contributed by atoms with E-state index in [-0.39, 0.29) is 0 Å². The second kappa shape index (κ2) is 8.05. The van der Waals surface area contributed by atoms with Crippen LogP contribution in [0.1, 0.15) is 11.1 Å². The number of nitrogens with zero attached hydrogens (tertiary/aromatic N) is 1. The van der Waals surface area contributed by atoms with Gasteiger partial charge in [0.25, 0.3) is 0 Å². The van der Waals surface area contributed by atoms with Gasteiger partial charge in [0.05, 0.1) is 13.3 Å². The second-order valence-electron chi connectivity index (χ2n) is 4.35. The quantitative estimate of drug-likeness (QED) is 0.676. The summed E-state index contributed by atoms with van der Waals surface area (Å²) < 4.78 is 10.1. The summed E-state index contributed by atoms with van der Waals surface area (Å²) in [6, 6.07) is 14.8. The molecule has 0 fully saturated rings. The maximum Gasteiger partial charge on any atom is 0.427 e. The normalized spacial score (nSPS) is 10.5. The van der Waals surface area contributed by atoms with Crippen molar-refractivity contribution in [3.8, 4) is 5.75 Å². The highest BCUT2D eigenvalue weighted by atomic mass is 35.5. The van der Waals surface area contributed by atoms with Crippen molar-refractivity contribution in [1.82, 2.24) is 5.43 Å². The van der Waals surface area contributed by atoms with Gasteiger partial charge >= 0.3 is 6.09 Å². The van der Waals surface area contributed by atoms with Crippen LogP contribution in [0, 0.1) is 0 Å². The summed E-state index contributed by atoms with van der Waals surface area (Å²) in [7, 11) is 1.28. The monoisotopic (exact) mass is 318 g/mol. The SMILES string of the molecule is COC(=O)N/N=C\c1ccc(OCc2ccc(Cl)cc2)cc1. The fourth-order valence-corrected chi connectivity index (χ4v) is 1.73. The van der Waals surface area contributed by atoms with Gasteiger partial charge in [-0.05, 0) is 47.5 Å². The maximum atomic E-state index is 10.8. The largest absolute Gasteiger partial charge is 0.489 e. The topological polar surface area (TPSA) is 59.9 Å². The lowest BCUT2D eigenvalue weighted by Crippen LogP contribution is -2.16. The molecule has 114 valence electrons. The molecule has 0 aliphatic rings. The molecule has 5 nitrogen and oxygen atoms in total. The van der Waals surface area contributed by atoms with Crippen molar-refractivity contribution in [2.45, 2.75) is 6.61 Å². The van der Waals surface area contributed by atoms with Gasteiger partial charge in [-0.2, -0.15) is 5.10 Å². The Bertz CT molecular complexity index is 639. The summed E-state index contributed by atoms with van der Waals surface area (Å²) in [6.45, 7) is 0.467. The fraction of sp³-hybridized carbons (Fsp3) is 0.125. The lowest BCUT2D eigenvalue weighted by molar-refractivity contribution is 0.171. The molecule has 2 aromatic rings. The molecule has 0 saturated carbocycles. The molecule has 0 spiro atoms. The zero-order valence-electron chi connectivity index (χ0n) is 12.0. The number of rotatable bonds is 5. The minimum Gasteiger partial charge on any atom is -0.489 e. The number of hydrogen-bond donors (Lipinski definition) is 1. The molecule has 0 aromatic heterocycles. The first-order valence-electron chi connectivity index (χ1n) is 6.52. The van der Waals surface area contributed by atoms with Crippen molar-refractivity contribution < 1.29 is 14.3 Å². The molecule has 22 heavy (non-hydrogen) atoms. The van der Waals surface area contributed by atoms with E-state index >= 15 is 0 Å². The van der Waals surface area contributed by atoms with E-state index in [0.717, 1.165) is 16.9 Å². The van der Waals surface area contributed by atoms with E-state index in [9.17, 15) is 4.79 Å². The molecule has 2 rings (SSSR count). The van der Waals surface area contributed by atoms with Crippen LogP contribution in [0.2, 0.25) is 5.02 Å². The molecule has 0 atom stereocenters. The van der Waals surface area contributed by atoms with Crippen LogP contribution in [0.3, 0.4) is 0 Å². The number of benzene rings is 2. The van der Waals surface area contributed by atoms with Crippen molar-refractivity contribution in [3.05, 3.63) is 64.7 Å². The summed E-state index contributed by atoms with van der Waals surface area (Å²) in [5, 5.41) is 4.44. The summed E-state index contributed by atoms with van der Waals surface area (Å²) in [5.74, 6) is 0.744. The van der Waals surface area contributed by atoms with Crippen molar-refractivity contribution in [2.75, 3.05) is 7.11 Å². The molecule has 1 N–H and O–H groups in total. The molecule has 1 amide bonds. The molecule has 0 aliphatic carbocycles. The number of halogens is 1. The Balaban J connectivity index is 1.86. The van der Waals surface area contributed by atoms with Gasteiger partial charge in [-0.15, -0.1) is 0 Å². The first-order valence-corrected chi connectivity index (χ1v) is 6.89. The van der Waals surface area contributed by atoms with E-state index in [0.29, 0.717) is 11.6 Å².